The van der Waals surface area contributed by atoms with Gasteiger partial charge in [0.05, 0.1) is 16.9 Å². The lowest BCUT2D eigenvalue weighted by atomic mass is 9.90. The van der Waals surface area contributed by atoms with Gasteiger partial charge in [-0.05, 0) is 55.0 Å². The molecule has 0 amide bonds. The molecule has 0 bridgehead atoms. The first kappa shape index (κ1) is 19.2. The van der Waals surface area contributed by atoms with Gasteiger partial charge in [-0.15, -0.1) is 0 Å². The lowest BCUT2D eigenvalue weighted by Gasteiger charge is -2.30. The van der Waals surface area contributed by atoms with E-state index in [-0.39, 0.29) is 5.54 Å². The van der Waals surface area contributed by atoms with Crippen molar-refractivity contribution in [3.8, 4) is 5.69 Å². The zero-order valence-corrected chi connectivity index (χ0v) is 17.3. The molecule has 0 saturated carbocycles. The Bertz CT molecular complexity index is 863. The second kappa shape index (κ2) is 7.59. The predicted octanol–water partition coefficient (Wildman–Crippen LogP) is 6.47. The van der Waals surface area contributed by atoms with Crippen LogP contribution in [-0.2, 0) is 5.54 Å². The highest BCUT2D eigenvalue weighted by Crippen LogP contribution is 2.36. The van der Waals surface area contributed by atoms with E-state index >= 15 is 0 Å². The van der Waals surface area contributed by atoms with Crippen molar-refractivity contribution >= 4 is 5.69 Å². The summed E-state index contributed by atoms with van der Waals surface area (Å²) >= 11 is 0. The molecule has 0 fully saturated rings. The Balaban J connectivity index is 1.97. The van der Waals surface area contributed by atoms with Crippen LogP contribution in [0, 0.1) is 0 Å². The molecule has 0 radical (unpaired) electrons. The van der Waals surface area contributed by atoms with E-state index in [9.17, 15) is 0 Å². The van der Waals surface area contributed by atoms with E-state index in [1.54, 1.807) is 0 Å². The third kappa shape index (κ3) is 4.08. The third-order valence-corrected chi connectivity index (χ3v) is 5.06. The van der Waals surface area contributed by atoms with Crippen molar-refractivity contribution in [3.05, 3.63) is 77.6 Å². The Morgan fingerprint density at radius 2 is 1.41 bits per heavy atom. The molecule has 0 aliphatic rings. The number of benzene rings is 2. The molecule has 0 saturated heterocycles. The van der Waals surface area contributed by atoms with E-state index in [0.29, 0.717) is 11.8 Å². The number of nitrogens with zero attached hydrogens (tertiary/aromatic N) is 2. The van der Waals surface area contributed by atoms with Gasteiger partial charge in [-0.3, -0.25) is 0 Å². The van der Waals surface area contributed by atoms with Crippen LogP contribution in [0.2, 0.25) is 0 Å². The van der Waals surface area contributed by atoms with E-state index in [1.807, 2.05) is 29.1 Å². The first-order valence-electron chi connectivity index (χ1n) is 9.82. The van der Waals surface area contributed by atoms with Gasteiger partial charge in [0.15, 0.2) is 0 Å². The van der Waals surface area contributed by atoms with Crippen LogP contribution >= 0.6 is 0 Å². The Morgan fingerprint density at radius 1 is 0.815 bits per heavy atom. The van der Waals surface area contributed by atoms with Gasteiger partial charge >= 0.3 is 0 Å². The van der Waals surface area contributed by atoms with Crippen LogP contribution in [0.5, 0.6) is 0 Å². The zero-order chi connectivity index (χ0) is 19.6. The Labute approximate surface area is 163 Å². The smallest absolute Gasteiger partial charge is 0.0877 e. The summed E-state index contributed by atoms with van der Waals surface area (Å²) in [6.07, 6.45) is 2.03. The molecule has 0 aliphatic carbocycles. The number of aromatic nitrogens is 2. The highest BCUT2D eigenvalue weighted by molar-refractivity contribution is 5.61. The second-order valence-electron chi connectivity index (χ2n) is 8.35. The third-order valence-electron chi connectivity index (χ3n) is 5.06. The summed E-state index contributed by atoms with van der Waals surface area (Å²) in [6.45, 7) is 13.4. The molecule has 2 aromatic carbocycles. The summed E-state index contributed by atoms with van der Waals surface area (Å²) in [5.74, 6) is 0.924. The molecule has 0 unspecified atom stereocenters. The van der Waals surface area contributed by atoms with Crippen LogP contribution in [0.3, 0.4) is 0 Å². The fraction of sp³-hybridized carbons (Fsp3) is 0.375. The Morgan fingerprint density at radius 3 is 1.96 bits per heavy atom. The van der Waals surface area contributed by atoms with Crippen LogP contribution < -0.4 is 5.32 Å². The van der Waals surface area contributed by atoms with Gasteiger partial charge in [0.25, 0.3) is 0 Å². The Kier molecular flexibility index (Phi) is 5.41. The van der Waals surface area contributed by atoms with Gasteiger partial charge in [-0.2, -0.15) is 5.10 Å². The van der Waals surface area contributed by atoms with E-state index in [1.165, 1.54) is 16.8 Å². The second-order valence-corrected chi connectivity index (χ2v) is 8.35. The average Bonchev–Trinajstić information content (AvgIpc) is 3.13. The largest absolute Gasteiger partial charge is 0.374 e. The number of nitrogens with one attached hydrogen (secondary N) is 1. The molecule has 142 valence electrons. The molecular weight excluding hydrogens is 330 g/mol. The monoisotopic (exact) mass is 361 g/mol. The maximum absolute atomic E-state index is 4.85. The summed E-state index contributed by atoms with van der Waals surface area (Å²) in [4.78, 5) is 0. The molecule has 3 heteroatoms. The van der Waals surface area contributed by atoms with Crippen molar-refractivity contribution < 1.29 is 0 Å². The minimum atomic E-state index is -0.283. The fourth-order valence-corrected chi connectivity index (χ4v) is 3.45. The maximum Gasteiger partial charge on any atom is 0.0877 e. The molecular formula is C24H31N3. The van der Waals surface area contributed by atoms with Crippen molar-refractivity contribution in [3.63, 3.8) is 0 Å². The van der Waals surface area contributed by atoms with Gasteiger partial charge in [-0.25, -0.2) is 4.68 Å². The summed E-state index contributed by atoms with van der Waals surface area (Å²) in [5, 5.41) is 8.67. The van der Waals surface area contributed by atoms with Gasteiger partial charge < -0.3 is 5.32 Å². The van der Waals surface area contributed by atoms with E-state index < -0.39 is 0 Å². The lowest BCUT2D eigenvalue weighted by molar-refractivity contribution is 0.574. The summed E-state index contributed by atoms with van der Waals surface area (Å²) in [5.41, 5.74) is 5.79. The van der Waals surface area contributed by atoms with Gasteiger partial charge in [0.2, 0.25) is 0 Å². The van der Waals surface area contributed by atoms with Crippen molar-refractivity contribution in [2.24, 2.45) is 0 Å². The topological polar surface area (TPSA) is 29.9 Å². The number of anilines is 1. The van der Waals surface area contributed by atoms with Crippen LogP contribution in [0.25, 0.3) is 5.69 Å². The average molecular weight is 362 g/mol. The Hall–Kier alpha value is -2.55. The van der Waals surface area contributed by atoms with Crippen LogP contribution in [-0.4, -0.2) is 9.78 Å². The quantitative estimate of drug-likeness (QED) is 0.545. The van der Waals surface area contributed by atoms with Crippen LogP contribution in [0.4, 0.5) is 5.69 Å². The normalized spacial score (nSPS) is 12.0. The summed E-state index contributed by atoms with van der Waals surface area (Å²) in [6, 6.07) is 19.0. The highest BCUT2D eigenvalue weighted by atomic mass is 15.3. The lowest BCUT2D eigenvalue weighted by Crippen LogP contribution is -2.30. The van der Waals surface area contributed by atoms with Gasteiger partial charge in [0.1, 0.15) is 0 Å². The minimum absolute atomic E-state index is 0.283. The highest BCUT2D eigenvalue weighted by Gasteiger charge is 2.26. The number of hydrogen-bond donors (Lipinski definition) is 1. The molecule has 0 atom stereocenters. The molecule has 1 N–H and O–H groups in total. The predicted molar refractivity (Wildman–Crippen MR) is 115 cm³/mol. The standard InChI is InChI=1S/C24H31N3/c1-17(2)20-13-10-14-21(18(3)4)23(20)25-24(5,6)22-15-16-27(26-22)19-11-8-7-9-12-19/h7-18,25H,1-6H3. The maximum atomic E-state index is 4.85. The van der Waals surface area contributed by atoms with E-state index in [4.69, 9.17) is 5.10 Å². The zero-order valence-electron chi connectivity index (χ0n) is 17.3. The minimum Gasteiger partial charge on any atom is -0.374 e. The van der Waals surface area contributed by atoms with Crippen LogP contribution in [0.15, 0.2) is 60.8 Å². The molecule has 1 aromatic heterocycles. The fourth-order valence-electron chi connectivity index (χ4n) is 3.45. The number of para-hydroxylation sites is 2. The molecule has 3 nitrogen and oxygen atoms in total. The molecule has 3 rings (SSSR count). The van der Waals surface area contributed by atoms with Gasteiger partial charge in [0, 0.05) is 11.9 Å². The summed E-state index contributed by atoms with van der Waals surface area (Å²) in [7, 11) is 0. The number of rotatable bonds is 6. The van der Waals surface area contributed by atoms with Crippen molar-refractivity contribution in [2.45, 2.75) is 58.9 Å². The van der Waals surface area contributed by atoms with Crippen molar-refractivity contribution in [2.75, 3.05) is 5.32 Å². The SMILES string of the molecule is CC(C)c1cccc(C(C)C)c1NC(C)(C)c1ccn(-c2ccccc2)n1. The molecule has 1 heterocycles. The van der Waals surface area contributed by atoms with Crippen LogP contribution in [0.1, 0.15) is 70.2 Å². The first-order valence-corrected chi connectivity index (χ1v) is 9.82. The van der Waals surface area contributed by atoms with Crippen molar-refractivity contribution in [1.29, 1.82) is 0 Å². The van der Waals surface area contributed by atoms with E-state index in [0.717, 1.165) is 11.4 Å². The molecule has 3 aromatic rings. The molecule has 27 heavy (non-hydrogen) atoms. The number of hydrogen-bond acceptors (Lipinski definition) is 2. The molecule has 0 spiro atoms. The summed E-state index contributed by atoms with van der Waals surface area (Å²) < 4.78 is 1.94. The van der Waals surface area contributed by atoms with Gasteiger partial charge in [-0.1, -0.05) is 64.1 Å². The van der Waals surface area contributed by atoms with E-state index in [2.05, 4.69) is 83.3 Å². The molecule has 0 aliphatic heterocycles. The first-order chi connectivity index (χ1) is 12.8. The van der Waals surface area contributed by atoms with Crippen molar-refractivity contribution in [1.82, 2.24) is 9.78 Å².